The molecule has 0 radical (unpaired) electrons. The fourth-order valence-corrected chi connectivity index (χ4v) is 3.59. The Morgan fingerprint density at radius 3 is 2.35 bits per heavy atom. The van der Waals surface area contributed by atoms with Crippen LogP contribution in [0.4, 0.5) is 10.5 Å². The summed E-state index contributed by atoms with van der Waals surface area (Å²) in [5.74, 6) is 0.00572. The number of imide groups is 1. The van der Waals surface area contributed by atoms with Crippen LogP contribution in [-0.2, 0) is 21.5 Å². The van der Waals surface area contributed by atoms with Gasteiger partial charge in [-0.15, -0.1) is 0 Å². The zero-order chi connectivity index (χ0) is 22.6. The van der Waals surface area contributed by atoms with Crippen LogP contribution >= 0.6 is 0 Å². The van der Waals surface area contributed by atoms with Gasteiger partial charge in [-0.1, -0.05) is 37.6 Å². The molecule has 0 unspecified atom stereocenters. The SMILES string of the molecule is CCCc1ccc([C@]2(C)NC(=O)N(CC(=O)Nc3ccc(OC)c(OC)c3)C2=O)cc1. The average Bonchev–Trinajstić information content (AvgIpc) is 2.98. The number of benzene rings is 2. The summed E-state index contributed by atoms with van der Waals surface area (Å²) >= 11 is 0. The first-order valence-electron chi connectivity index (χ1n) is 10.1. The number of nitrogens with zero attached hydrogens (tertiary/aromatic N) is 1. The highest BCUT2D eigenvalue weighted by atomic mass is 16.5. The van der Waals surface area contributed by atoms with E-state index in [2.05, 4.69) is 17.6 Å². The number of rotatable bonds is 8. The number of ether oxygens (including phenoxy) is 2. The minimum atomic E-state index is -1.22. The van der Waals surface area contributed by atoms with Gasteiger partial charge in [0, 0.05) is 11.8 Å². The van der Waals surface area contributed by atoms with E-state index in [0.29, 0.717) is 22.7 Å². The van der Waals surface area contributed by atoms with Gasteiger partial charge < -0.3 is 20.1 Å². The number of hydrogen-bond acceptors (Lipinski definition) is 5. The molecule has 1 heterocycles. The van der Waals surface area contributed by atoms with Crippen LogP contribution in [0.2, 0.25) is 0 Å². The van der Waals surface area contributed by atoms with Gasteiger partial charge in [0.15, 0.2) is 11.5 Å². The molecular weight excluding hydrogens is 398 g/mol. The predicted molar refractivity (Wildman–Crippen MR) is 116 cm³/mol. The summed E-state index contributed by atoms with van der Waals surface area (Å²) in [5.41, 5.74) is 1.08. The molecule has 2 aromatic rings. The number of carbonyl (C=O) groups excluding carboxylic acids is 3. The van der Waals surface area contributed by atoms with Gasteiger partial charge >= 0.3 is 6.03 Å². The van der Waals surface area contributed by atoms with Gasteiger partial charge in [0.05, 0.1) is 14.2 Å². The van der Waals surface area contributed by atoms with E-state index in [-0.39, 0.29) is 0 Å². The second-order valence-electron chi connectivity index (χ2n) is 7.51. The Balaban J connectivity index is 1.71. The minimum absolute atomic E-state index is 0.400. The molecule has 4 amide bonds. The van der Waals surface area contributed by atoms with Crippen LogP contribution in [0.15, 0.2) is 42.5 Å². The molecule has 8 heteroatoms. The Hall–Kier alpha value is -3.55. The maximum Gasteiger partial charge on any atom is 0.325 e. The molecule has 1 saturated heterocycles. The molecule has 3 rings (SSSR count). The molecule has 31 heavy (non-hydrogen) atoms. The normalized spacial score (nSPS) is 18.0. The first-order chi connectivity index (χ1) is 14.8. The summed E-state index contributed by atoms with van der Waals surface area (Å²) in [6.07, 6.45) is 1.97. The smallest absolute Gasteiger partial charge is 0.325 e. The number of urea groups is 1. The fourth-order valence-electron chi connectivity index (χ4n) is 3.59. The van der Waals surface area contributed by atoms with Gasteiger partial charge in [-0.25, -0.2) is 4.79 Å². The van der Waals surface area contributed by atoms with E-state index in [4.69, 9.17) is 9.47 Å². The van der Waals surface area contributed by atoms with Crippen LogP contribution in [0.25, 0.3) is 0 Å². The van der Waals surface area contributed by atoms with Crippen molar-refractivity contribution in [2.75, 3.05) is 26.1 Å². The molecule has 0 aliphatic carbocycles. The van der Waals surface area contributed by atoms with Crippen molar-refractivity contribution < 1.29 is 23.9 Å². The highest BCUT2D eigenvalue weighted by Crippen LogP contribution is 2.31. The van der Waals surface area contributed by atoms with Crippen molar-refractivity contribution in [3.8, 4) is 11.5 Å². The molecule has 8 nitrogen and oxygen atoms in total. The number of hydrogen-bond donors (Lipinski definition) is 2. The van der Waals surface area contributed by atoms with Gasteiger partial charge in [-0.3, -0.25) is 14.5 Å². The summed E-state index contributed by atoms with van der Waals surface area (Å²) in [5, 5.41) is 5.40. The molecular formula is C23H27N3O5. The van der Waals surface area contributed by atoms with E-state index in [9.17, 15) is 14.4 Å². The van der Waals surface area contributed by atoms with Crippen LogP contribution in [-0.4, -0.2) is 43.5 Å². The molecule has 0 bridgehead atoms. The van der Waals surface area contributed by atoms with Gasteiger partial charge in [-0.05, 0) is 36.6 Å². The van der Waals surface area contributed by atoms with Crippen molar-refractivity contribution in [2.24, 2.45) is 0 Å². The van der Waals surface area contributed by atoms with Gasteiger partial charge in [0.2, 0.25) is 5.91 Å². The standard InChI is InChI=1S/C23H27N3O5/c1-5-6-15-7-9-16(10-8-15)23(2)21(28)26(22(29)25-23)14-20(27)24-17-11-12-18(30-3)19(13-17)31-4/h7-13H,5-6,14H2,1-4H3,(H,24,27)(H,25,29)/t23-/m0/s1. The Morgan fingerprint density at radius 2 is 1.74 bits per heavy atom. The largest absolute Gasteiger partial charge is 0.493 e. The predicted octanol–water partition coefficient (Wildman–Crippen LogP) is 3.06. The van der Waals surface area contributed by atoms with Crippen LogP contribution in [0.3, 0.4) is 0 Å². The number of carbonyl (C=O) groups is 3. The number of aryl methyl sites for hydroxylation is 1. The topological polar surface area (TPSA) is 97.0 Å². The first-order valence-corrected chi connectivity index (χ1v) is 10.1. The zero-order valence-electron chi connectivity index (χ0n) is 18.2. The lowest BCUT2D eigenvalue weighted by atomic mass is 9.91. The highest BCUT2D eigenvalue weighted by Gasteiger charge is 2.49. The summed E-state index contributed by atoms with van der Waals surface area (Å²) in [7, 11) is 3.01. The van der Waals surface area contributed by atoms with Crippen LogP contribution < -0.4 is 20.1 Å². The van der Waals surface area contributed by atoms with Crippen LogP contribution in [0, 0.1) is 0 Å². The van der Waals surface area contributed by atoms with E-state index < -0.39 is 29.9 Å². The maximum absolute atomic E-state index is 13.0. The number of nitrogens with one attached hydrogen (secondary N) is 2. The average molecular weight is 425 g/mol. The second kappa shape index (κ2) is 9.07. The number of amides is 4. The highest BCUT2D eigenvalue weighted by molar-refractivity contribution is 6.10. The third-order valence-corrected chi connectivity index (χ3v) is 5.31. The van der Waals surface area contributed by atoms with E-state index in [1.165, 1.54) is 14.2 Å². The second-order valence-corrected chi connectivity index (χ2v) is 7.51. The molecule has 0 aromatic heterocycles. The van der Waals surface area contributed by atoms with E-state index in [1.54, 1.807) is 25.1 Å². The Morgan fingerprint density at radius 1 is 1.06 bits per heavy atom. The van der Waals surface area contributed by atoms with E-state index in [1.807, 2.05) is 24.3 Å². The van der Waals surface area contributed by atoms with Crippen molar-refractivity contribution in [3.05, 3.63) is 53.6 Å². The zero-order valence-corrected chi connectivity index (χ0v) is 18.2. The van der Waals surface area contributed by atoms with Crippen molar-refractivity contribution in [2.45, 2.75) is 32.2 Å². The fraction of sp³-hybridized carbons (Fsp3) is 0.348. The molecule has 2 aromatic carbocycles. The Labute approximate surface area is 181 Å². The van der Waals surface area contributed by atoms with Crippen molar-refractivity contribution >= 4 is 23.5 Å². The number of anilines is 1. The molecule has 1 atom stereocenters. The van der Waals surface area contributed by atoms with Crippen LogP contribution in [0.1, 0.15) is 31.4 Å². The molecule has 0 saturated carbocycles. The lowest BCUT2D eigenvalue weighted by Gasteiger charge is -2.22. The number of methoxy groups -OCH3 is 2. The summed E-state index contributed by atoms with van der Waals surface area (Å²) < 4.78 is 10.4. The van der Waals surface area contributed by atoms with Gasteiger partial charge in [-0.2, -0.15) is 0 Å². The van der Waals surface area contributed by atoms with Crippen LogP contribution in [0.5, 0.6) is 11.5 Å². The summed E-state index contributed by atoms with van der Waals surface area (Å²) in [4.78, 5) is 39.0. The van der Waals surface area contributed by atoms with Crippen molar-refractivity contribution in [1.82, 2.24) is 10.2 Å². The van der Waals surface area contributed by atoms with E-state index in [0.717, 1.165) is 23.3 Å². The van der Waals surface area contributed by atoms with Crippen molar-refractivity contribution in [3.63, 3.8) is 0 Å². The monoisotopic (exact) mass is 425 g/mol. The summed E-state index contributed by atoms with van der Waals surface area (Å²) in [6, 6.07) is 11.9. The Bertz CT molecular complexity index is 989. The minimum Gasteiger partial charge on any atom is -0.493 e. The molecule has 1 aliphatic heterocycles. The van der Waals surface area contributed by atoms with E-state index >= 15 is 0 Å². The lowest BCUT2D eigenvalue weighted by Crippen LogP contribution is -2.42. The van der Waals surface area contributed by atoms with Crippen molar-refractivity contribution in [1.29, 1.82) is 0 Å². The molecule has 0 spiro atoms. The molecule has 164 valence electrons. The van der Waals surface area contributed by atoms with Gasteiger partial charge in [0.25, 0.3) is 5.91 Å². The third-order valence-electron chi connectivity index (χ3n) is 5.31. The molecule has 1 aliphatic rings. The maximum atomic E-state index is 13.0. The molecule has 1 fully saturated rings. The Kier molecular flexibility index (Phi) is 6.48. The van der Waals surface area contributed by atoms with Gasteiger partial charge in [0.1, 0.15) is 12.1 Å². The summed E-state index contributed by atoms with van der Waals surface area (Å²) in [6.45, 7) is 3.34. The lowest BCUT2D eigenvalue weighted by molar-refractivity contribution is -0.133. The molecule has 2 N–H and O–H groups in total. The third kappa shape index (κ3) is 4.47. The first kappa shape index (κ1) is 22.1. The quantitative estimate of drug-likeness (QED) is 0.634.